The molecule has 0 aliphatic carbocycles. The summed E-state index contributed by atoms with van der Waals surface area (Å²) in [7, 11) is 1.75. The summed E-state index contributed by atoms with van der Waals surface area (Å²) < 4.78 is 0. The normalized spacial score (nSPS) is 17.0. The number of carbonyl (C=O) groups excluding carboxylic acids is 2. The van der Waals surface area contributed by atoms with Crippen molar-refractivity contribution in [3.05, 3.63) is 59.9 Å². The minimum atomic E-state index is -0.436. The van der Waals surface area contributed by atoms with Crippen LogP contribution < -0.4 is 10.6 Å². The van der Waals surface area contributed by atoms with Gasteiger partial charge in [0, 0.05) is 38.2 Å². The van der Waals surface area contributed by atoms with E-state index < -0.39 is 6.04 Å². The standard InChI is InChI=1S/C18H20N4O2/c1-22-10-8-16(18(22)24)21-17(23)14-6-2-3-7-15(14)20-12-13-5-4-9-19-11-13/h2-7,9,11,16,20H,8,10,12H2,1H3,(H,21,23)/t16-/m0/s1. The van der Waals surface area contributed by atoms with Gasteiger partial charge in [-0.3, -0.25) is 14.6 Å². The van der Waals surface area contributed by atoms with Crippen LogP contribution in [-0.2, 0) is 11.3 Å². The van der Waals surface area contributed by atoms with Gasteiger partial charge < -0.3 is 15.5 Å². The van der Waals surface area contributed by atoms with Gasteiger partial charge in [0.25, 0.3) is 5.91 Å². The Morgan fingerprint density at radius 2 is 2.12 bits per heavy atom. The molecule has 6 nitrogen and oxygen atoms in total. The van der Waals surface area contributed by atoms with Crippen molar-refractivity contribution in [1.82, 2.24) is 15.2 Å². The van der Waals surface area contributed by atoms with E-state index in [-0.39, 0.29) is 11.8 Å². The van der Waals surface area contributed by atoms with Crippen LogP contribution in [0.25, 0.3) is 0 Å². The van der Waals surface area contributed by atoms with Crippen LogP contribution in [0.3, 0.4) is 0 Å². The molecular weight excluding hydrogens is 304 g/mol. The summed E-state index contributed by atoms with van der Waals surface area (Å²) in [5, 5.41) is 6.09. The van der Waals surface area contributed by atoms with Crippen LogP contribution in [0.4, 0.5) is 5.69 Å². The smallest absolute Gasteiger partial charge is 0.254 e. The summed E-state index contributed by atoms with van der Waals surface area (Å²) >= 11 is 0. The van der Waals surface area contributed by atoms with Crippen molar-refractivity contribution in [2.24, 2.45) is 0 Å². The van der Waals surface area contributed by atoms with Gasteiger partial charge in [-0.15, -0.1) is 0 Å². The average molecular weight is 324 g/mol. The number of para-hydroxylation sites is 1. The Kier molecular flexibility index (Phi) is 4.74. The second-order valence-electron chi connectivity index (χ2n) is 5.83. The van der Waals surface area contributed by atoms with Gasteiger partial charge in [-0.25, -0.2) is 0 Å². The van der Waals surface area contributed by atoms with E-state index in [0.717, 1.165) is 11.3 Å². The molecule has 24 heavy (non-hydrogen) atoms. The van der Waals surface area contributed by atoms with Crippen LogP contribution in [0.15, 0.2) is 48.8 Å². The summed E-state index contributed by atoms with van der Waals surface area (Å²) in [6, 6.07) is 10.7. The van der Waals surface area contributed by atoms with Crippen molar-refractivity contribution in [3.8, 4) is 0 Å². The molecule has 1 aliphatic heterocycles. The predicted octanol–water partition coefficient (Wildman–Crippen LogP) is 1.65. The van der Waals surface area contributed by atoms with Crippen molar-refractivity contribution in [3.63, 3.8) is 0 Å². The minimum absolute atomic E-state index is 0.0378. The molecule has 1 fully saturated rings. The molecule has 124 valence electrons. The zero-order chi connectivity index (χ0) is 16.9. The highest BCUT2D eigenvalue weighted by molar-refractivity contribution is 6.02. The second kappa shape index (κ2) is 7.12. The van der Waals surface area contributed by atoms with Crippen molar-refractivity contribution >= 4 is 17.5 Å². The number of nitrogens with zero attached hydrogens (tertiary/aromatic N) is 2. The first-order chi connectivity index (χ1) is 11.6. The van der Waals surface area contributed by atoms with Crippen LogP contribution in [0, 0.1) is 0 Å². The number of amides is 2. The minimum Gasteiger partial charge on any atom is -0.380 e. The lowest BCUT2D eigenvalue weighted by molar-refractivity contribution is -0.128. The highest BCUT2D eigenvalue weighted by Crippen LogP contribution is 2.17. The van der Waals surface area contributed by atoms with Crippen LogP contribution >= 0.6 is 0 Å². The molecule has 0 unspecified atom stereocenters. The Morgan fingerprint density at radius 3 is 2.83 bits per heavy atom. The Bertz CT molecular complexity index is 733. The topological polar surface area (TPSA) is 74.3 Å². The maximum Gasteiger partial charge on any atom is 0.254 e. The molecule has 1 aromatic carbocycles. The van der Waals surface area contributed by atoms with Crippen molar-refractivity contribution in [1.29, 1.82) is 0 Å². The zero-order valence-corrected chi connectivity index (χ0v) is 13.5. The first-order valence-electron chi connectivity index (χ1n) is 7.93. The molecule has 1 aromatic heterocycles. The van der Waals surface area contributed by atoms with Crippen molar-refractivity contribution in [2.45, 2.75) is 19.0 Å². The summed E-state index contributed by atoms with van der Waals surface area (Å²) in [6.45, 7) is 1.24. The van der Waals surface area contributed by atoms with Crippen LogP contribution in [0.5, 0.6) is 0 Å². The molecule has 0 saturated carbocycles. The number of hydrogen-bond donors (Lipinski definition) is 2. The number of carbonyl (C=O) groups is 2. The van der Waals surface area contributed by atoms with Gasteiger partial charge in [-0.1, -0.05) is 18.2 Å². The fourth-order valence-corrected chi connectivity index (χ4v) is 2.73. The average Bonchev–Trinajstić information content (AvgIpc) is 2.93. The van der Waals surface area contributed by atoms with E-state index in [1.54, 1.807) is 30.4 Å². The third kappa shape index (κ3) is 3.53. The SMILES string of the molecule is CN1CC[C@H](NC(=O)c2ccccc2NCc2cccnc2)C1=O. The predicted molar refractivity (Wildman–Crippen MR) is 91.5 cm³/mol. The number of likely N-dealkylation sites (N-methyl/N-ethyl adjacent to an activating group) is 1. The first-order valence-corrected chi connectivity index (χ1v) is 7.93. The molecular formula is C18H20N4O2. The van der Waals surface area contributed by atoms with Gasteiger partial charge in [0.2, 0.25) is 5.91 Å². The van der Waals surface area contributed by atoms with Crippen molar-refractivity contribution < 1.29 is 9.59 Å². The van der Waals surface area contributed by atoms with E-state index in [0.29, 0.717) is 25.1 Å². The van der Waals surface area contributed by atoms with E-state index in [1.807, 2.05) is 30.3 Å². The molecule has 0 spiro atoms. The lowest BCUT2D eigenvalue weighted by Crippen LogP contribution is -2.40. The zero-order valence-electron chi connectivity index (χ0n) is 13.5. The third-order valence-corrected chi connectivity index (χ3v) is 4.11. The fraction of sp³-hybridized carbons (Fsp3) is 0.278. The molecule has 1 aliphatic rings. The Labute approximate surface area is 140 Å². The number of benzene rings is 1. The number of aromatic nitrogens is 1. The van der Waals surface area contributed by atoms with Crippen LogP contribution in [0.2, 0.25) is 0 Å². The monoisotopic (exact) mass is 324 g/mol. The molecule has 0 radical (unpaired) electrons. The molecule has 1 saturated heterocycles. The quantitative estimate of drug-likeness (QED) is 0.877. The number of nitrogens with one attached hydrogen (secondary N) is 2. The maximum atomic E-state index is 12.6. The molecule has 2 N–H and O–H groups in total. The van der Waals surface area contributed by atoms with Gasteiger partial charge in [-0.05, 0) is 30.2 Å². The van der Waals surface area contributed by atoms with Crippen molar-refractivity contribution in [2.75, 3.05) is 18.9 Å². The number of rotatable bonds is 5. The highest BCUT2D eigenvalue weighted by Gasteiger charge is 2.30. The number of anilines is 1. The fourth-order valence-electron chi connectivity index (χ4n) is 2.73. The lowest BCUT2D eigenvalue weighted by atomic mass is 10.1. The summed E-state index contributed by atoms with van der Waals surface area (Å²) in [5.41, 5.74) is 2.29. The second-order valence-corrected chi connectivity index (χ2v) is 5.83. The molecule has 0 bridgehead atoms. The summed E-state index contributed by atoms with van der Waals surface area (Å²) in [4.78, 5) is 30.2. The van der Waals surface area contributed by atoms with E-state index in [1.165, 1.54) is 0 Å². The van der Waals surface area contributed by atoms with E-state index in [4.69, 9.17) is 0 Å². The number of hydrogen-bond acceptors (Lipinski definition) is 4. The number of likely N-dealkylation sites (tertiary alicyclic amines) is 1. The third-order valence-electron chi connectivity index (χ3n) is 4.11. The van der Waals surface area contributed by atoms with Gasteiger partial charge in [0.1, 0.15) is 6.04 Å². The molecule has 2 heterocycles. The molecule has 3 rings (SSSR count). The lowest BCUT2D eigenvalue weighted by Gasteiger charge is -2.15. The molecule has 6 heteroatoms. The van der Waals surface area contributed by atoms with E-state index >= 15 is 0 Å². The molecule has 2 amide bonds. The first kappa shape index (κ1) is 16.0. The number of pyridine rings is 1. The van der Waals surface area contributed by atoms with Gasteiger partial charge in [0.15, 0.2) is 0 Å². The van der Waals surface area contributed by atoms with E-state index in [2.05, 4.69) is 15.6 Å². The maximum absolute atomic E-state index is 12.6. The molecule has 1 atom stereocenters. The van der Waals surface area contributed by atoms with Crippen LogP contribution in [0.1, 0.15) is 22.3 Å². The summed E-state index contributed by atoms with van der Waals surface area (Å²) in [5.74, 6) is -0.276. The van der Waals surface area contributed by atoms with E-state index in [9.17, 15) is 9.59 Å². The Hall–Kier alpha value is -2.89. The largest absolute Gasteiger partial charge is 0.380 e. The molecule has 2 aromatic rings. The van der Waals surface area contributed by atoms with Gasteiger partial charge >= 0.3 is 0 Å². The Morgan fingerprint density at radius 1 is 1.29 bits per heavy atom. The summed E-state index contributed by atoms with van der Waals surface area (Å²) in [6.07, 6.45) is 4.15. The Balaban J connectivity index is 1.69. The van der Waals surface area contributed by atoms with Gasteiger partial charge in [0.05, 0.1) is 5.56 Å². The van der Waals surface area contributed by atoms with Crippen LogP contribution in [-0.4, -0.2) is 41.3 Å². The highest BCUT2D eigenvalue weighted by atomic mass is 16.2. The van der Waals surface area contributed by atoms with Gasteiger partial charge in [-0.2, -0.15) is 0 Å².